The van der Waals surface area contributed by atoms with E-state index in [0.29, 0.717) is 35.8 Å². The Bertz CT molecular complexity index is 1090. The van der Waals surface area contributed by atoms with Crippen LogP contribution >= 0.6 is 0 Å². The number of likely N-dealkylation sites (N-methyl/N-ethyl adjacent to an activating group) is 1. The lowest BCUT2D eigenvalue weighted by molar-refractivity contribution is 0.0664. The van der Waals surface area contributed by atoms with Gasteiger partial charge in [0.15, 0.2) is 0 Å². The van der Waals surface area contributed by atoms with Crippen LogP contribution in [0.3, 0.4) is 0 Å². The molecule has 2 aromatic rings. The summed E-state index contributed by atoms with van der Waals surface area (Å²) in [5, 5.41) is 2.77. The number of nitrogens with one attached hydrogen (secondary N) is 1. The minimum atomic E-state index is -3.48. The molecule has 172 valence electrons. The molecule has 0 spiro atoms. The van der Waals surface area contributed by atoms with Gasteiger partial charge in [-0.05, 0) is 49.5 Å². The second-order valence-electron chi connectivity index (χ2n) is 7.74. The number of benzene rings is 2. The number of amides is 2. The van der Waals surface area contributed by atoms with Gasteiger partial charge < -0.3 is 19.9 Å². The average molecular weight is 461 g/mol. The summed E-state index contributed by atoms with van der Waals surface area (Å²) in [5.74, 6) is -0.173. The van der Waals surface area contributed by atoms with Crippen LogP contribution in [0.4, 0.5) is 11.4 Å². The van der Waals surface area contributed by atoms with E-state index < -0.39 is 15.9 Å². The van der Waals surface area contributed by atoms with Crippen LogP contribution < -0.4 is 14.4 Å². The lowest BCUT2D eigenvalue weighted by Gasteiger charge is -2.32. The van der Waals surface area contributed by atoms with Crippen molar-refractivity contribution in [2.75, 3.05) is 63.3 Å². The highest BCUT2D eigenvalue weighted by atomic mass is 32.2. The molecule has 0 saturated carbocycles. The maximum Gasteiger partial charge on any atom is 0.259 e. The van der Waals surface area contributed by atoms with Crippen molar-refractivity contribution in [2.24, 2.45) is 0 Å². The van der Waals surface area contributed by atoms with Crippen LogP contribution in [-0.2, 0) is 10.0 Å². The summed E-state index contributed by atoms with van der Waals surface area (Å²) in [6.07, 6.45) is 1.09. The Morgan fingerprint density at radius 1 is 1.03 bits per heavy atom. The van der Waals surface area contributed by atoms with E-state index in [1.807, 2.05) is 11.9 Å². The van der Waals surface area contributed by atoms with Gasteiger partial charge in [0.2, 0.25) is 10.0 Å². The Hall–Kier alpha value is -3.11. The highest BCUT2D eigenvalue weighted by Gasteiger charge is 2.21. The summed E-state index contributed by atoms with van der Waals surface area (Å²) >= 11 is 0. The largest absolute Gasteiger partial charge is 0.496 e. The lowest BCUT2D eigenvalue weighted by atomic mass is 10.1. The molecule has 9 nitrogen and oxygen atoms in total. The fraction of sp³-hybridized carbons (Fsp3) is 0.364. The molecule has 0 aromatic heterocycles. The van der Waals surface area contributed by atoms with Crippen molar-refractivity contribution in [1.29, 1.82) is 0 Å². The number of nitrogens with zero attached hydrogens (tertiary/aromatic N) is 3. The number of anilines is 2. The van der Waals surface area contributed by atoms with Gasteiger partial charge in [-0.15, -0.1) is 0 Å². The quantitative estimate of drug-likeness (QED) is 0.705. The van der Waals surface area contributed by atoms with Crippen LogP contribution in [0, 0.1) is 0 Å². The molecule has 1 heterocycles. The van der Waals surface area contributed by atoms with Crippen LogP contribution in [0.1, 0.15) is 20.7 Å². The van der Waals surface area contributed by atoms with Gasteiger partial charge in [-0.2, -0.15) is 0 Å². The van der Waals surface area contributed by atoms with Crippen LogP contribution in [0.15, 0.2) is 42.5 Å². The van der Waals surface area contributed by atoms with E-state index in [1.54, 1.807) is 36.4 Å². The topological polar surface area (TPSA) is 99.3 Å². The van der Waals surface area contributed by atoms with Gasteiger partial charge in [0, 0.05) is 44.5 Å². The molecule has 0 aliphatic carbocycles. The van der Waals surface area contributed by atoms with E-state index in [-0.39, 0.29) is 11.5 Å². The molecule has 0 atom stereocenters. The minimum Gasteiger partial charge on any atom is -0.496 e. The second-order valence-corrected chi connectivity index (χ2v) is 9.76. The Morgan fingerprint density at radius 3 is 2.22 bits per heavy atom. The van der Waals surface area contributed by atoms with Crippen molar-refractivity contribution in [3.8, 4) is 5.75 Å². The highest BCUT2D eigenvalue weighted by Crippen LogP contribution is 2.26. The van der Waals surface area contributed by atoms with Crippen molar-refractivity contribution in [3.05, 3.63) is 53.6 Å². The summed E-state index contributed by atoms with van der Waals surface area (Å²) < 4.78 is 30.0. The first-order valence-electron chi connectivity index (χ1n) is 10.1. The number of hydrogen-bond donors (Lipinski definition) is 1. The standard InChI is InChI=1S/C22H28N4O5S/c1-24-11-13-26(14-12-24)22(28)16-5-7-17(8-6-16)23-21(27)19-15-18(9-10-20(19)31-3)25(2)32(4,29)30/h5-10,15H,11-14H2,1-4H3,(H,23,27). The van der Waals surface area contributed by atoms with Gasteiger partial charge in [-0.25, -0.2) is 8.42 Å². The van der Waals surface area contributed by atoms with Gasteiger partial charge >= 0.3 is 0 Å². The van der Waals surface area contributed by atoms with Crippen LogP contribution in [0.2, 0.25) is 0 Å². The van der Waals surface area contributed by atoms with Crippen molar-refractivity contribution >= 4 is 33.2 Å². The molecule has 1 N–H and O–H groups in total. The predicted molar refractivity (Wildman–Crippen MR) is 124 cm³/mol. The molecule has 2 aromatic carbocycles. The van der Waals surface area contributed by atoms with Gasteiger partial charge in [-0.3, -0.25) is 13.9 Å². The monoisotopic (exact) mass is 460 g/mol. The molecule has 3 rings (SSSR count). The molecule has 0 unspecified atom stereocenters. The van der Waals surface area contributed by atoms with Crippen molar-refractivity contribution in [1.82, 2.24) is 9.80 Å². The van der Waals surface area contributed by atoms with E-state index in [9.17, 15) is 18.0 Å². The van der Waals surface area contributed by atoms with Gasteiger partial charge in [0.1, 0.15) is 5.75 Å². The maximum absolute atomic E-state index is 12.9. The molecule has 1 aliphatic rings. The molecule has 10 heteroatoms. The molecule has 0 radical (unpaired) electrons. The SMILES string of the molecule is COc1ccc(N(C)S(C)(=O)=O)cc1C(=O)Nc1ccc(C(=O)N2CCN(C)CC2)cc1. The average Bonchev–Trinajstić information content (AvgIpc) is 2.78. The van der Waals surface area contributed by atoms with E-state index in [4.69, 9.17) is 4.74 Å². The first-order chi connectivity index (χ1) is 15.1. The molecular formula is C22H28N4O5S. The zero-order chi connectivity index (χ0) is 23.5. The number of methoxy groups -OCH3 is 1. The van der Waals surface area contributed by atoms with Crippen LogP contribution in [0.25, 0.3) is 0 Å². The van der Waals surface area contributed by atoms with Gasteiger partial charge in [0.05, 0.1) is 24.6 Å². The third kappa shape index (κ3) is 5.38. The minimum absolute atomic E-state index is 0.0332. The summed E-state index contributed by atoms with van der Waals surface area (Å²) in [7, 11) is 1.40. The van der Waals surface area contributed by atoms with E-state index in [1.165, 1.54) is 20.2 Å². The molecule has 0 bridgehead atoms. The summed E-state index contributed by atoms with van der Waals surface area (Å²) in [5.41, 5.74) is 1.60. The van der Waals surface area contributed by atoms with Crippen molar-refractivity contribution in [2.45, 2.75) is 0 Å². The molecular weight excluding hydrogens is 432 g/mol. The Morgan fingerprint density at radius 2 is 1.66 bits per heavy atom. The predicted octanol–water partition coefficient (Wildman–Crippen LogP) is 1.73. The zero-order valence-corrected chi connectivity index (χ0v) is 19.5. The van der Waals surface area contributed by atoms with Crippen LogP contribution in [0.5, 0.6) is 5.75 Å². The first kappa shape index (κ1) is 23.6. The first-order valence-corrected chi connectivity index (χ1v) is 12.0. The van der Waals surface area contributed by atoms with E-state index in [0.717, 1.165) is 23.7 Å². The van der Waals surface area contributed by atoms with Gasteiger partial charge in [0.25, 0.3) is 11.8 Å². The van der Waals surface area contributed by atoms with E-state index in [2.05, 4.69) is 10.2 Å². The molecule has 2 amide bonds. The van der Waals surface area contributed by atoms with Gasteiger partial charge in [-0.1, -0.05) is 0 Å². The molecule has 1 aliphatic heterocycles. The number of carbonyl (C=O) groups excluding carboxylic acids is 2. The number of carbonyl (C=O) groups is 2. The Kier molecular flexibility index (Phi) is 7.05. The number of sulfonamides is 1. The Balaban J connectivity index is 1.75. The summed E-state index contributed by atoms with van der Waals surface area (Å²) in [4.78, 5) is 29.6. The van der Waals surface area contributed by atoms with Crippen molar-refractivity contribution < 1.29 is 22.7 Å². The Labute approximate surface area is 188 Å². The number of piperazine rings is 1. The number of hydrogen-bond acceptors (Lipinski definition) is 6. The van der Waals surface area contributed by atoms with Crippen molar-refractivity contribution in [3.63, 3.8) is 0 Å². The fourth-order valence-corrected chi connectivity index (χ4v) is 3.84. The smallest absolute Gasteiger partial charge is 0.259 e. The molecule has 1 fully saturated rings. The van der Waals surface area contributed by atoms with E-state index >= 15 is 0 Å². The summed E-state index contributed by atoms with van der Waals surface area (Å²) in [6.45, 7) is 3.06. The normalized spacial score (nSPS) is 14.7. The molecule has 32 heavy (non-hydrogen) atoms. The number of rotatable bonds is 6. The summed E-state index contributed by atoms with van der Waals surface area (Å²) in [6, 6.07) is 11.3. The maximum atomic E-state index is 12.9. The lowest BCUT2D eigenvalue weighted by Crippen LogP contribution is -2.47. The second kappa shape index (κ2) is 9.58. The fourth-order valence-electron chi connectivity index (χ4n) is 3.35. The number of ether oxygens (including phenoxy) is 1. The zero-order valence-electron chi connectivity index (χ0n) is 18.7. The third-order valence-corrected chi connectivity index (χ3v) is 6.67. The highest BCUT2D eigenvalue weighted by molar-refractivity contribution is 7.92. The third-order valence-electron chi connectivity index (χ3n) is 5.47. The van der Waals surface area contributed by atoms with Crippen LogP contribution in [-0.4, -0.2) is 83.7 Å². The molecule has 1 saturated heterocycles.